The number of rotatable bonds is 4. The summed E-state index contributed by atoms with van der Waals surface area (Å²) in [5.74, 6) is -0.0901. The first-order chi connectivity index (χ1) is 10.2. The van der Waals surface area contributed by atoms with Crippen LogP contribution in [-0.4, -0.2) is 38.5 Å². The van der Waals surface area contributed by atoms with Gasteiger partial charge in [0.1, 0.15) is 0 Å². The third kappa shape index (κ3) is 3.36. The van der Waals surface area contributed by atoms with Gasteiger partial charge in [0.05, 0.1) is 32.0 Å². The molecule has 4 nitrogen and oxygen atoms in total. The van der Waals surface area contributed by atoms with E-state index in [1.807, 2.05) is 6.07 Å². The van der Waals surface area contributed by atoms with Gasteiger partial charge in [0.2, 0.25) is 0 Å². The Bertz CT molecular complexity index is 488. The molecule has 0 radical (unpaired) electrons. The highest BCUT2D eigenvalue weighted by Crippen LogP contribution is 2.35. The molecular weight excluding hydrogens is 273 g/mol. The predicted octanol–water partition coefficient (Wildman–Crippen LogP) is 2.26. The molecule has 2 aliphatic heterocycles. The molecule has 0 aliphatic carbocycles. The van der Waals surface area contributed by atoms with Crippen LogP contribution in [-0.2, 0) is 16.1 Å². The van der Waals surface area contributed by atoms with E-state index in [0.717, 1.165) is 37.9 Å². The monoisotopic (exact) mass is 295 g/mol. The fourth-order valence-corrected chi connectivity index (χ4v) is 3.15. The van der Waals surface area contributed by atoms with E-state index < -0.39 is 0 Å². The van der Waals surface area contributed by atoms with E-state index >= 15 is 0 Å². The van der Waals surface area contributed by atoms with E-state index in [0.29, 0.717) is 13.2 Å². The standard InChI is InChI=1S/C16H22FNO3/c1-19-15-3-2-12(8-14(15)17)10-20-13-9-16(21-11-13)4-6-18-7-5-16/h2-3,8,13,18H,4-7,9-11H2,1H3. The van der Waals surface area contributed by atoms with E-state index in [2.05, 4.69) is 5.32 Å². The molecule has 1 N–H and O–H groups in total. The molecule has 0 amide bonds. The molecule has 1 aromatic carbocycles. The molecule has 2 heterocycles. The summed E-state index contributed by atoms with van der Waals surface area (Å²) >= 11 is 0. The Hall–Kier alpha value is -1.17. The van der Waals surface area contributed by atoms with Gasteiger partial charge in [-0.2, -0.15) is 0 Å². The van der Waals surface area contributed by atoms with Gasteiger partial charge in [-0.1, -0.05) is 6.07 Å². The normalized spacial score (nSPS) is 24.4. The number of methoxy groups -OCH3 is 1. The van der Waals surface area contributed by atoms with Gasteiger partial charge in [-0.25, -0.2) is 4.39 Å². The van der Waals surface area contributed by atoms with Gasteiger partial charge in [0.15, 0.2) is 11.6 Å². The highest BCUT2D eigenvalue weighted by atomic mass is 19.1. The van der Waals surface area contributed by atoms with Crippen LogP contribution in [0.5, 0.6) is 5.75 Å². The second kappa shape index (κ2) is 6.30. The van der Waals surface area contributed by atoms with E-state index in [9.17, 15) is 4.39 Å². The smallest absolute Gasteiger partial charge is 0.165 e. The van der Waals surface area contributed by atoms with Crippen molar-refractivity contribution in [3.8, 4) is 5.75 Å². The Morgan fingerprint density at radius 1 is 1.38 bits per heavy atom. The summed E-state index contributed by atoms with van der Waals surface area (Å²) < 4.78 is 30.4. The Morgan fingerprint density at radius 2 is 2.19 bits per heavy atom. The fraction of sp³-hybridized carbons (Fsp3) is 0.625. The molecule has 2 fully saturated rings. The molecule has 116 valence electrons. The van der Waals surface area contributed by atoms with Crippen molar-refractivity contribution in [3.63, 3.8) is 0 Å². The van der Waals surface area contributed by atoms with Gasteiger partial charge >= 0.3 is 0 Å². The Kier molecular flexibility index (Phi) is 4.42. The van der Waals surface area contributed by atoms with Crippen LogP contribution < -0.4 is 10.1 Å². The SMILES string of the molecule is COc1ccc(COC2COC3(CCNCC3)C2)cc1F. The van der Waals surface area contributed by atoms with Gasteiger partial charge in [0.25, 0.3) is 0 Å². The quantitative estimate of drug-likeness (QED) is 0.925. The van der Waals surface area contributed by atoms with Crippen molar-refractivity contribution >= 4 is 0 Å². The maximum atomic E-state index is 13.6. The fourth-order valence-electron chi connectivity index (χ4n) is 3.15. The second-order valence-electron chi connectivity index (χ2n) is 5.85. The van der Waals surface area contributed by atoms with Crippen LogP contribution in [0.2, 0.25) is 0 Å². The third-order valence-electron chi connectivity index (χ3n) is 4.39. The Balaban J connectivity index is 1.53. The molecule has 1 aromatic rings. The summed E-state index contributed by atoms with van der Waals surface area (Å²) in [6.07, 6.45) is 3.13. The zero-order valence-electron chi connectivity index (χ0n) is 12.4. The molecule has 2 saturated heterocycles. The third-order valence-corrected chi connectivity index (χ3v) is 4.39. The maximum absolute atomic E-state index is 13.6. The van der Waals surface area contributed by atoms with Crippen LogP contribution in [0.15, 0.2) is 18.2 Å². The predicted molar refractivity (Wildman–Crippen MR) is 76.9 cm³/mol. The van der Waals surface area contributed by atoms with Crippen LogP contribution in [0.4, 0.5) is 4.39 Å². The summed E-state index contributed by atoms with van der Waals surface area (Å²) in [6, 6.07) is 4.93. The summed E-state index contributed by atoms with van der Waals surface area (Å²) in [4.78, 5) is 0. The van der Waals surface area contributed by atoms with Crippen LogP contribution >= 0.6 is 0 Å². The molecule has 1 unspecified atom stereocenters. The molecule has 1 atom stereocenters. The average Bonchev–Trinajstić information content (AvgIpc) is 2.89. The molecule has 2 aliphatic rings. The molecule has 3 rings (SSSR count). The lowest BCUT2D eigenvalue weighted by Gasteiger charge is -2.32. The van der Waals surface area contributed by atoms with Crippen molar-refractivity contribution in [2.45, 2.75) is 37.6 Å². The number of hydrogen-bond donors (Lipinski definition) is 1. The second-order valence-corrected chi connectivity index (χ2v) is 5.85. The minimum atomic E-state index is -0.351. The van der Waals surface area contributed by atoms with Gasteiger partial charge in [0, 0.05) is 6.42 Å². The number of piperidine rings is 1. The summed E-state index contributed by atoms with van der Waals surface area (Å²) in [5, 5.41) is 3.35. The van der Waals surface area contributed by atoms with Gasteiger partial charge < -0.3 is 19.5 Å². The van der Waals surface area contributed by atoms with Crippen molar-refractivity contribution in [1.29, 1.82) is 0 Å². The van der Waals surface area contributed by atoms with Crippen LogP contribution in [0.25, 0.3) is 0 Å². The number of ether oxygens (including phenoxy) is 3. The van der Waals surface area contributed by atoms with Crippen molar-refractivity contribution in [2.75, 3.05) is 26.8 Å². The number of benzene rings is 1. The lowest BCUT2D eigenvalue weighted by molar-refractivity contribution is -0.0241. The summed E-state index contributed by atoms with van der Waals surface area (Å²) in [6.45, 7) is 3.06. The average molecular weight is 295 g/mol. The molecule has 0 saturated carbocycles. The van der Waals surface area contributed by atoms with Crippen molar-refractivity contribution < 1.29 is 18.6 Å². The van der Waals surface area contributed by atoms with Crippen LogP contribution in [0, 0.1) is 5.82 Å². The lowest BCUT2D eigenvalue weighted by Crippen LogP contribution is -2.41. The number of halogens is 1. The molecule has 21 heavy (non-hydrogen) atoms. The Morgan fingerprint density at radius 3 is 2.90 bits per heavy atom. The van der Waals surface area contributed by atoms with Crippen molar-refractivity contribution in [3.05, 3.63) is 29.6 Å². The molecule has 1 spiro atoms. The van der Waals surface area contributed by atoms with E-state index in [4.69, 9.17) is 14.2 Å². The highest BCUT2D eigenvalue weighted by molar-refractivity contribution is 5.28. The van der Waals surface area contributed by atoms with Gasteiger partial charge in [-0.3, -0.25) is 0 Å². The van der Waals surface area contributed by atoms with Crippen molar-refractivity contribution in [2.24, 2.45) is 0 Å². The lowest BCUT2D eigenvalue weighted by atomic mass is 9.89. The zero-order chi connectivity index (χ0) is 14.7. The van der Waals surface area contributed by atoms with Gasteiger partial charge in [-0.15, -0.1) is 0 Å². The van der Waals surface area contributed by atoms with E-state index in [1.54, 1.807) is 6.07 Å². The Labute approximate surface area is 124 Å². The molecule has 0 bridgehead atoms. The summed E-state index contributed by atoms with van der Waals surface area (Å²) in [7, 11) is 1.46. The minimum Gasteiger partial charge on any atom is -0.494 e. The molecule has 5 heteroatoms. The topological polar surface area (TPSA) is 39.7 Å². The minimum absolute atomic E-state index is 0.00107. The molecular formula is C16H22FNO3. The zero-order valence-corrected chi connectivity index (χ0v) is 12.4. The maximum Gasteiger partial charge on any atom is 0.165 e. The summed E-state index contributed by atoms with van der Waals surface area (Å²) in [5.41, 5.74) is 0.820. The van der Waals surface area contributed by atoms with Crippen LogP contribution in [0.1, 0.15) is 24.8 Å². The van der Waals surface area contributed by atoms with Crippen LogP contribution in [0.3, 0.4) is 0 Å². The first-order valence-corrected chi connectivity index (χ1v) is 7.49. The number of hydrogen-bond acceptors (Lipinski definition) is 4. The van der Waals surface area contributed by atoms with E-state index in [-0.39, 0.29) is 23.3 Å². The van der Waals surface area contributed by atoms with Gasteiger partial charge in [-0.05, 0) is 43.6 Å². The first-order valence-electron chi connectivity index (χ1n) is 7.49. The number of nitrogens with one attached hydrogen (secondary N) is 1. The van der Waals surface area contributed by atoms with E-state index in [1.165, 1.54) is 13.2 Å². The largest absolute Gasteiger partial charge is 0.494 e. The molecule has 0 aromatic heterocycles. The highest BCUT2D eigenvalue weighted by Gasteiger charge is 2.41. The van der Waals surface area contributed by atoms with Crippen molar-refractivity contribution in [1.82, 2.24) is 5.32 Å². The first kappa shape index (κ1) is 14.8.